The van der Waals surface area contributed by atoms with E-state index in [0.29, 0.717) is 4.77 Å². The van der Waals surface area contributed by atoms with E-state index in [1.54, 1.807) is 0 Å². The maximum absolute atomic E-state index is 4.96. The number of aryl methyl sites for hydroxylation is 2. The molecule has 0 fully saturated rings. The van der Waals surface area contributed by atoms with E-state index in [1.165, 1.54) is 0 Å². The van der Waals surface area contributed by atoms with Crippen molar-refractivity contribution in [2.24, 2.45) is 0 Å². The number of H-pyrrole nitrogens is 2. The first-order valence-corrected chi connectivity index (χ1v) is 5.41. The number of fused-ring (bicyclic) bond motifs is 2. The van der Waals surface area contributed by atoms with Crippen molar-refractivity contribution in [3.63, 3.8) is 0 Å². The molecule has 2 heterocycles. The van der Waals surface area contributed by atoms with Crippen molar-refractivity contribution < 1.29 is 0 Å². The standard InChI is InChI=1S/C11H10N4S/c1-5-6(2)13-8-4-10-9(3-7(8)12-5)14-11(16)15-10/h3-4,12-13H,1-2H3. The number of imidazole rings is 1. The molecule has 5 heteroatoms. The molecule has 0 saturated heterocycles. The molecule has 1 aromatic carbocycles. The highest BCUT2D eigenvalue weighted by molar-refractivity contribution is 7.71. The van der Waals surface area contributed by atoms with E-state index in [0.717, 1.165) is 33.5 Å². The zero-order valence-corrected chi connectivity index (χ0v) is 9.77. The van der Waals surface area contributed by atoms with Gasteiger partial charge in [-0.1, -0.05) is 0 Å². The molecular formula is C11H10N4S. The molecule has 0 bridgehead atoms. The van der Waals surface area contributed by atoms with E-state index >= 15 is 0 Å². The van der Waals surface area contributed by atoms with Crippen LogP contribution in [-0.4, -0.2) is 19.9 Å². The Balaban J connectivity index is 2.50. The van der Waals surface area contributed by atoms with Crippen LogP contribution in [0, 0.1) is 18.6 Å². The minimum Gasteiger partial charge on any atom is -0.356 e. The number of hydrogen-bond acceptors (Lipinski definition) is 3. The van der Waals surface area contributed by atoms with Gasteiger partial charge in [-0.05, 0) is 38.2 Å². The highest BCUT2D eigenvalue weighted by atomic mass is 32.1. The summed E-state index contributed by atoms with van der Waals surface area (Å²) in [5.74, 6) is 0. The Morgan fingerprint density at radius 1 is 0.938 bits per heavy atom. The summed E-state index contributed by atoms with van der Waals surface area (Å²) in [5.41, 5.74) is 5.95. The summed E-state index contributed by atoms with van der Waals surface area (Å²) in [5, 5.41) is 0. The fraction of sp³-hybridized carbons (Fsp3) is 0.182. The lowest BCUT2D eigenvalue weighted by molar-refractivity contribution is 1.10. The van der Waals surface area contributed by atoms with Crippen LogP contribution in [0.2, 0.25) is 0 Å². The number of rotatable bonds is 0. The second-order valence-corrected chi connectivity index (χ2v) is 4.26. The van der Waals surface area contributed by atoms with Gasteiger partial charge in [0.2, 0.25) is 4.77 Å². The Hall–Kier alpha value is -1.75. The molecule has 0 unspecified atom stereocenters. The Morgan fingerprint density at radius 2 is 1.38 bits per heavy atom. The molecule has 0 saturated carbocycles. The van der Waals surface area contributed by atoms with Crippen LogP contribution in [0.4, 0.5) is 0 Å². The third-order valence-electron chi connectivity index (χ3n) is 2.75. The van der Waals surface area contributed by atoms with Crippen LogP contribution in [0.3, 0.4) is 0 Å². The van der Waals surface area contributed by atoms with Crippen LogP contribution < -0.4 is 0 Å². The van der Waals surface area contributed by atoms with Crippen molar-refractivity contribution in [1.82, 2.24) is 19.9 Å². The van der Waals surface area contributed by atoms with Gasteiger partial charge in [-0.25, -0.2) is 9.97 Å². The largest absolute Gasteiger partial charge is 0.356 e. The van der Waals surface area contributed by atoms with Crippen molar-refractivity contribution in [1.29, 1.82) is 0 Å². The zero-order valence-electron chi connectivity index (χ0n) is 8.96. The smallest absolute Gasteiger partial charge is 0.220 e. The molecule has 0 aliphatic heterocycles. The van der Waals surface area contributed by atoms with Gasteiger partial charge < -0.3 is 9.97 Å². The molecule has 16 heavy (non-hydrogen) atoms. The van der Waals surface area contributed by atoms with Crippen LogP contribution in [0.5, 0.6) is 0 Å². The summed E-state index contributed by atoms with van der Waals surface area (Å²) in [4.78, 5) is 15.0. The van der Waals surface area contributed by atoms with Gasteiger partial charge >= 0.3 is 0 Å². The second kappa shape index (κ2) is 3.12. The third-order valence-corrected chi connectivity index (χ3v) is 2.94. The Kier molecular flexibility index (Phi) is 1.85. The number of hydrogen-bond donors (Lipinski definition) is 2. The molecule has 2 aromatic heterocycles. The maximum Gasteiger partial charge on any atom is 0.220 e. The average molecular weight is 230 g/mol. The minimum absolute atomic E-state index is 0.402. The number of nitrogens with one attached hydrogen (secondary N) is 2. The number of aromatic amines is 2. The molecule has 0 spiro atoms. The van der Waals surface area contributed by atoms with Crippen LogP contribution in [-0.2, 0) is 0 Å². The first-order chi connectivity index (χ1) is 7.63. The normalized spacial score (nSPS) is 11.4. The molecule has 80 valence electrons. The fourth-order valence-corrected chi connectivity index (χ4v) is 1.98. The molecule has 0 radical (unpaired) electrons. The van der Waals surface area contributed by atoms with Crippen LogP contribution >= 0.6 is 12.2 Å². The monoisotopic (exact) mass is 230 g/mol. The second-order valence-electron chi connectivity index (χ2n) is 3.89. The Morgan fingerprint density at radius 3 is 1.81 bits per heavy atom. The molecule has 3 aromatic rings. The minimum atomic E-state index is 0.402. The van der Waals surface area contributed by atoms with Crippen molar-refractivity contribution >= 4 is 34.3 Å². The summed E-state index contributed by atoms with van der Waals surface area (Å²) in [6.45, 7) is 4.06. The number of nitrogens with zero attached hydrogens (tertiary/aromatic N) is 2. The summed E-state index contributed by atoms with van der Waals surface area (Å²) >= 11 is 4.96. The van der Waals surface area contributed by atoms with Gasteiger partial charge in [0.15, 0.2) is 0 Å². The predicted molar refractivity (Wildman–Crippen MR) is 66.1 cm³/mol. The third kappa shape index (κ3) is 1.32. The first kappa shape index (κ1) is 9.47. The van der Waals surface area contributed by atoms with Crippen molar-refractivity contribution in [3.8, 4) is 0 Å². The zero-order chi connectivity index (χ0) is 11.3. The summed E-state index contributed by atoms with van der Waals surface area (Å²) in [6, 6.07) is 3.94. The number of benzene rings is 1. The van der Waals surface area contributed by atoms with E-state index in [-0.39, 0.29) is 0 Å². The van der Waals surface area contributed by atoms with Crippen molar-refractivity contribution in [3.05, 3.63) is 28.3 Å². The maximum atomic E-state index is 4.96. The van der Waals surface area contributed by atoms with E-state index in [4.69, 9.17) is 12.2 Å². The molecular weight excluding hydrogens is 220 g/mol. The lowest BCUT2D eigenvalue weighted by Crippen LogP contribution is -1.93. The topological polar surface area (TPSA) is 57.4 Å². The van der Waals surface area contributed by atoms with Gasteiger partial charge in [0, 0.05) is 11.4 Å². The van der Waals surface area contributed by atoms with Crippen LogP contribution in [0.1, 0.15) is 11.4 Å². The van der Waals surface area contributed by atoms with E-state index < -0.39 is 0 Å². The fourth-order valence-electron chi connectivity index (χ4n) is 1.79. The van der Waals surface area contributed by atoms with Gasteiger partial charge in [0.05, 0.1) is 22.1 Å². The highest BCUT2D eigenvalue weighted by Crippen LogP contribution is 2.18. The molecule has 4 nitrogen and oxygen atoms in total. The summed E-state index contributed by atoms with van der Waals surface area (Å²) < 4.78 is 0.402. The number of aromatic nitrogens is 4. The Bertz CT molecular complexity index is 692. The van der Waals surface area contributed by atoms with Gasteiger partial charge in [-0.3, -0.25) is 0 Å². The predicted octanol–water partition coefficient (Wildman–Crippen LogP) is 2.79. The molecule has 3 rings (SSSR count). The average Bonchev–Trinajstić information content (AvgIpc) is 2.56. The van der Waals surface area contributed by atoms with Crippen LogP contribution in [0.15, 0.2) is 12.1 Å². The summed E-state index contributed by atoms with van der Waals surface area (Å²) in [6.07, 6.45) is 0. The quantitative estimate of drug-likeness (QED) is 0.584. The Labute approximate surface area is 96.8 Å². The van der Waals surface area contributed by atoms with Crippen molar-refractivity contribution in [2.45, 2.75) is 13.8 Å². The van der Waals surface area contributed by atoms with E-state index in [1.807, 2.05) is 26.0 Å². The SMILES string of the molecule is Cc1[nH]c2cc3nc(=S)nc3cc2[nH]c1C. The molecule has 0 amide bonds. The van der Waals surface area contributed by atoms with E-state index in [2.05, 4.69) is 19.9 Å². The van der Waals surface area contributed by atoms with E-state index in [9.17, 15) is 0 Å². The van der Waals surface area contributed by atoms with Gasteiger partial charge in [-0.2, -0.15) is 0 Å². The van der Waals surface area contributed by atoms with Gasteiger partial charge in [0.25, 0.3) is 0 Å². The van der Waals surface area contributed by atoms with Gasteiger partial charge in [0.1, 0.15) is 0 Å². The molecule has 0 atom stereocenters. The van der Waals surface area contributed by atoms with Gasteiger partial charge in [-0.15, -0.1) is 0 Å². The summed E-state index contributed by atoms with van der Waals surface area (Å²) in [7, 11) is 0. The molecule has 0 aliphatic rings. The highest BCUT2D eigenvalue weighted by Gasteiger charge is 2.04. The van der Waals surface area contributed by atoms with Crippen molar-refractivity contribution in [2.75, 3.05) is 0 Å². The van der Waals surface area contributed by atoms with Crippen LogP contribution in [0.25, 0.3) is 22.1 Å². The lowest BCUT2D eigenvalue weighted by atomic mass is 10.2. The lowest BCUT2D eigenvalue weighted by Gasteiger charge is -2.05. The molecule has 2 N–H and O–H groups in total. The first-order valence-electron chi connectivity index (χ1n) is 5.00. The molecule has 0 aliphatic carbocycles.